The smallest absolute Gasteiger partial charge is 0.153 e. The molecule has 3 rings (SSSR count). The molecule has 1 N–H and O–H groups in total. The molecule has 2 aromatic rings. The van der Waals surface area contributed by atoms with Crippen molar-refractivity contribution in [2.45, 2.75) is 38.6 Å². The molecule has 4 heteroatoms. The van der Waals surface area contributed by atoms with Gasteiger partial charge in [0.2, 0.25) is 0 Å². The molecule has 0 bridgehead atoms. The number of fused-ring (bicyclic) bond motifs is 1. The summed E-state index contributed by atoms with van der Waals surface area (Å²) in [5.74, 6) is 0.917. The zero-order valence-electron chi connectivity index (χ0n) is 11.3. The molecular weight excluding hydrogens is 236 g/mol. The Morgan fingerprint density at radius 2 is 2.32 bits per heavy atom. The highest BCUT2D eigenvalue weighted by Crippen LogP contribution is 2.29. The van der Waals surface area contributed by atoms with Gasteiger partial charge in [-0.3, -0.25) is 0 Å². The van der Waals surface area contributed by atoms with Gasteiger partial charge in [-0.1, -0.05) is 19.4 Å². The highest BCUT2D eigenvalue weighted by Gasteiger charge is 2.22. The van der Waals surface area contributed by atoms with E-state index in [2.05, 4.69) is 22.3 Å². The van der Waals surface area contributed by atoms with Crippen LogP contribution in [0.1, 0.15) is 43.5 Å². The molecule has 0 saturated carbocycles. The standard InChI is InChI=1S/C15H20N4/c1-2-16-13-7-3-4-8-14-12(13)11-18-19(14)15-9-5-6-10-17-15/h5-6,9-11,13,16H,2-4,7-8H2,1H3. The Balaban J connectivity index is 2.01. The summed E-state index contributed by atoms with van der Waals surface area (Å²) < 4.78 is 2.00. The highest BCUT2D eigenvalue weighted by atomic mass is 15.3. The normalized spacial score (nSPS) is 18.9. The van der Waals surface area contributed by atoms with Crippen LogP contribution in [-0.4, -0.2) is 21.3 Å². The van der Waals surface area contributed by atoms with Crippen molar-refractivity contribution in [3.05, 3.63) is 41.9 Å². The van der Waals surface area contributed by atoms with Crippen LogP contribution in [0.25, 0.3) is 5.82 Å². The molecule has 1 atom stereocenters. The minimum atomic E-state index is 0.444. The zero-order chi connectivity index (χ0) is 13.1. The molecule has 1 aliphatic rings. The van der Waals surface area contributed by atoms with Crippen molar-refractivity contribution in [2.24, 2.45) is 0 Å². The van der Waals surface area contributed by atoms with Crippen LogP contribution in [0.2, 0.25) is 0 Å². The molecular formula is C15H20N4. The van der Waals surface area contributed by atoms with Crippen LogP contribution in [0.5, 0.6) is 0 Å². The highest BCUT2D eigenvalue weighted by molar-refractivity contribution is 5.31. The molecule has 100 valence electrons. The lowest BCUT2D eigenvalue weighted by atomic mass is 10.1. The number of aromatic nitrogens is 3. The van der Waals surface area contributed by atoms with Gasteiger partial charge < -0.3 is 5.32 Å². The first-order valence-electron chi connectivity index (χ1n) is 7.11. The lowest BCUT2D eigenvalue weighted by Crippen LogP contribution is -2.20. The van der Waals surface area contributed by atoms with Gasteiger partial charge in [-0.2, -0.15) is 5.10 Å². The Morgan fingerprint density at radius 1 is 1.37 bits per heavy atom. The fraction of sp³-hybridized carbons (Fsp3) is 0.467. The SMILES string of the molecule is CCNC1CCCCc2c1cnn2-c1ccccn1. The van der Waals surface area contributed by atoms with Crippen molar-refractivity contribution >= 4 is 0 Å². The zero-order valence-corrected chi connectivity index (χ0v) is 11.3. The van der Waals surface area contributed by atoms with Crippen molar-refractivity contribution in [1.82, 2.24) is 20.1 Å². The first-order chi connectivity index (χ1) is 9.40. The van der Waals surface area contributed by atoms with Gasteiger partial charge in [0, 0.05) is 17.8 Å². The van der Waals surface area contributed by atoms with E-state index in [1.807, 2.05) is 35.3 Å². The first-order valence-corrected chi connectivity index (χ1v) is 7.11. The Morgan fingerprint density at radius 3 is 3.11 bits per heavy atom. The Kier molecular flexibility index (Phi) is 3.60. The number of pyridine rings is 1. The summed E-state index contributed by atoms with van der Waals surface area (Å²) in [6, 6.07) is 6.41. The molecule has 2 aromatic heterocycles. The molecule has 1 unspecified atom stereocenters. The number of rotatable bonds is 3. The Bertz CT molecular complexity index is 532. The largest absolute Gasteiger partial charge is 0.310 e. The molecule has 2 heterocycles. The minimum Gasteiger partial charge on any atom is -0.310 e. The average Bonchev–Trinajstić information content (AvgIpc) is 2.77. The van der Waals surface area contributed by atoms with Crippen molar-refractivity contribution in [3.8, 4) is 5.82 Å². The fourth-order valence-corrected chi connectivity index (χ4v) is 2.86. The lowest BCUT2D eigenvalue weighted by Gasteiger charge is -2.15. The van der Waals surface area contributed by atoms with E-state index in [1.54, 1.807) is 0 Å². The summed E-state index contributed by atoms with van der Waals surface area (Å²) in [4.78, 5) is 4.41. The second-order valence-electron chi connectivity index (χ2n) is 5.00. The summed E-state index contributed by atoms with van der Waals surface area (Å²) in [7, 11) is 0. The molecule has 0 fully saturated rings. The van der Waals surface area contributed by atoms with Crippen molar-refractivity contribution in [1.29, 1.82) is 0 Å². The van der Waals surface area contributed by atoms with E-state index in [0.29, 0.717) is 6.04 Å². The number of nitrogens with zero attached hydrogens (tertiary/aromatic N) is 3. The second-order valence-corrected chi connectivity index (χ2v) is 5.00. The average molecular weight is 256 g/mol. The van der Waals surface area contributed by atoms with Crippen molar-refractivity contribution in [2.75, 3.05) is 6.54 Å². The molecule has 0 radical (unpaired) electrons. The summed E-state index contributed by atoms with van der Waals surface area (Å²) in [6.07, 6.45) is 8.63. The number of nitrogens with one attached hydrogen (secondary N) is 1. The molecule has 19 heavy (non-hydrogen) atoms. The maximum Gasteiger partial charge on any atom is 0.153 e. The third-order valence-electron chi connectivity index (χ3n) is 3.75. The van der Waals surface area contributed by atoms with Gasteiger partial charge in [0.15, 0.2) is 5.82 Å². The molecule has 4 nitrogen and oxygen atoms in total. The third-order valence-corrected chi connectivity index (χ3v) is 3.75. The van der Waals surface area contributed by atoms with Crippen LogP contribution in [-0.2, 0) is 6.42 Å². The van der Waals surface area contributed by atoms with Crippen LogP contribution in [0.15, 0.2) is 30.6 Å². The quantitative estimate of drug-likeness (QED) is 0.858. The molecule has 0 aliphatic heterocycles. The molecule has 0 aromatic carbocycles. The van der Waals surface area contributed by atoms with E-state index in [4.69, 9.17) is 0 Å². The summed E-state index contributed by atoms with van der Waals surface area (Å²) >= 11 is 0. The maximum absolute atomic E-state index is 4.56. The maximum atomic E-state index is 4.56. The van der Waals surface area contributed by atoms with Crippen LogP contribution in [0.3, 0.4) is 0 Å². The van der Waals surface area contributed by atoms with Gasteiger partial charge in [0.1, 0.15) is 0 Å². The summed E-state index contributed by atoms with van der Waals surface area (Å²) in [5.41, 5.74) is 2.67. The molecule has 0 saturated heterocycles. The minimum absolute atomic E-state index is 0.444. The lowest BCUT2D eigenvalue weighted by molar-refractivity contribution is 0.503. The predicted octanol–water partition coefficient (Wildman–Crippen LogP) is 2.64. The Labute approximate surface area is 113 Å². The van der Waals surface area contributed by atoms with Gasteiger partial charge in [-0.25, -0.2) is 9.67 Å². The predicted molar refractivity (Wildman–Crippen MR) is 75.3 cm³/mol. The van der Waals surface area contributed by atoms with E-state index in [0.717, 1.165) is 18.8 Å². The van der Waals surface area contributed by atoms with Crippen LogP contribution >= 0.6 is 0 Å². The van der Waals surface area contributed by atoms with E-state index in [1.165, 1.54) is 30.5 Å². The first kappa shape index (κ1) is 12.4. The Hall–Kier alpha value is -1.68. The monoisotopic (exact) mass is 256 g/mol. The number of hydrogen-bond donors (Lipinski definition) is 1. The van der Waals surface area contributed by atoms with E-state index in [-0.39, 0.29) is 0 Å². The fourth-order valence-electron chi connectivity index (χ4n) is 2.86. The number of hydrogen-bond acceptors (Lipinski definition) is 3. The van der Waals surface area contributed by atoms with E-state index < -0.39 is 0 Å². The van der Waals surface area contributed by atoms with Crippen molar-refractivity contribution < 1.29 is 0 Å². The molecule has 1 aliphatic carbocycles. The van der Waals surface area contributed by atoms with Crippen molar-refractivity contribution in [3.63, 3.8) is 0 Å². The van der Waals surface area contributed by atoms with E-state index in [9.17, 15) is 0 Å². The van der Waals surface area contributed by atoms with Gasteiger partial charge in [0.25, 0.3) is 0 Å². The van der Waals surface area contributed by atoms with E-state index >= 15 is 0 Å². The van der Waals surface area contributed by atoms with Gasteiger partial charge in [0.05, 0.1) is 11.9 Å². The van der Waals surface area contributed by atoms with Gasteiger partial charge >= 0.3 is 0 Å². The van der Waals surface area contributed by atoms with Crippen LogP contribution < -0.4 is 5.32 Å². The third kappa shape index (κ3) is 2.40. The van der Waals surface area contributed by atoms with Crippen LogP contribution in [0.4, 0.5) is 0 Å². The van der Waals surface area contributed by atoms with Gasteiger partial charge in [-0.05, 0) is 37.9 Å². The topological polar surface area (TPSA) is 42.7 Å². The van der Waals surface area contributed by atoms with Gasteiger partial charge in [-0.15, -0.1) is 0 Å². The second kappa shape index (κ2) is 5.53. The summed E-state index contributed by atoms with van der Waals surface area (Å²) in [5, 5.41) is 8.13. The van der Waals surface area contributed by atoms with Crippen LogP contribution in [0, 0.1) is 0 Å². The molecule has 0 amide bonds. The summed E-state index contributed by atoms with van der Waals surface area (Å²) in [6.45, 7) is 3.16. The molecule has 0 spiro atoms.